The molecule has 0 fully saturated rings. The molecule has 0 aromatic carbocycles. The molecule has 17 heavy (non-hydrogen) atoms. The third-order valence-corrected chi connectivity index (χ3v) is 2.69. The Kier molecular flexibility index (Phi) is 2.04. The molecule has 0 aliphatic carbocycles. The summed E-state index contributed by atoms with van der Waals surface area (Å²) in [6.07, 6.45) is 3.39. The molecule has 3 aromatic heterocycles. The number of amides is 1. The van der Waals surface area contributed by atoms with Gasteiger partial charge >= 0.3 is 0 Å². The van der Waals surface area contributed by atoms with Crippen molar-refractivity contribution in [1.82, 2.24) is 14.5 Å². The van der Waals surface area contributed by atoms with Crippen LogP contribution in [0.2, 0.25) is 0 Å². The molecule has 0 aliphatic rings. The highest BCUT2D eigenvalue weighted by molar-refractivity contribution is 6.05. The predicted octanol–water partition coefficient (Wildman–Crippen LogP) is 1.07. The monoisotopic (exact) mass is 226 g/mol. The highest BCUT2D eigenvalue weighted by Gasteiger charge is 2.12. The van der Waals surface area contributed by atoms with Crippen LogP contribution in [0.25, 0.3) is 22.1 Å². The lowest BCUT2D eigenvalue weighted by atomic mass is 10.2. The predicted molar refractivity (Wildman–Crippen MR) is 64.2 cm³/mol. The zero-order chi connectivity index (χ0) is 11.8. The molecule has 3 aromatic rings. The van der Waals surface area contributed by atoms with Crippen LogP contribution in [0, 0.1) is 0 Å². The lowest BCUT2D eigenvalue weighted by molar-refractivity contribution is -0.118. The number of nitrogens with two attached hydrogens (primary N) is 1. The summed E-state index contributed by atoms with van der Waals surface area (Å²) in [5, 5.41) is 1.97. The van der Waals surface area contributed by atoms with Crippen LogP contribution in [0.15, 0.2) is 36.7 Å². The number of nitrogens with zero attached hydrogens (tertiary/aromatic N) is 3. The van der Waals surface area contributed by atoms with Crippen molar-refractivity contribution in [3.63, 3.8) is 0 Å². The largest absolute Gasteiger partial charge is 0.368 e. The Labute approximate surface area is 96.9 Å². The molecule has 0 saturated heterocycles. The van der Waals surface area contributed by atoms with Crippen LogP contribution < -0.4 is 5.73 Å². The van der Waals surface area contributed by atoms with E-state index in [-0.39, 0.29) is 6.54 Å². The van der Waals surface area contributed by atoms with Gasteiger partial charge in [0.15, 0.2) is 0 Å². The molecular weight excluding hydrogens is 216 g/mol. The van der Waals surface area contributed by atoms with E-state index in [1.165, 1.54) is 0 Å². The van der Waals surface area contributed by atoms with Gasteiger partial charge in [0.1, 0.15) is 17.8 Å². The highest BCUT2D eigenvalue weighted by Crippen LogP contribution is 2.25. The van der Waals surface area contributed by atoms with Gasteiger partial charge in [-0.05, 0) is 24.3 Å². The Hall–Kier alpha value is -2.43. The number of fused-ring (bicyclic) bond motifs is 3. The van der Waals surface area contributed by atoms with Gasteiger partial charge in [-0.3, -0.25) is 4.79 Å². The van der Waals surface area contributed by atoms with Crippen LogP contribution in [0.1, 0.15) is 0 Å². The molecular formula is C12H10N4O. The Morgan fingerprint density at radius 2 is 1.65 bits per heavy atom. The van der Waals surface area contributed by atoms with Gasteiger partial charge in [-0.25, -0.2) is 9.97 Å². The summed E-state index contributed by atoms with van der Waals surface area (Å²) in [6, 6.07) is 7.65. The molecule has 0 bridgehead atoms. The van der Waals surface area contributed by atoms with Crippen molar-refractivity contribution in [1.29, 1.82) is 0 Å². The number of hydrogen-bond acceptors (Lipinski definition) is 3. The molecule has 0 aliphatic heterocycles. The van der Waals surface area contributed by atoms with Gasteiger partial charge in [-0.15, -0.1) is 0 Å². The fourth-order valence-electron chi connectivity index (χ4n) is 2.05. The maximum Gasteiger partial charge on any atom is 0.237 e. The number of primary amides is 1. The first-order valence-electron chi connectivity index (χ1n) is 5.23. The Morgan fingerprint density at radius 3 is 2.12 bits per heavy atom. The van der Waals surface area contributed by atoms with Crippen molar-refractivity contribution in [3.05, 3.63) is 36.7 Å². The molecule has 3 rings (SSSR count). The van der Waals surface area contributed by atoms with Gasteiger partial charge in [-0.2, -0.15) is 0 Å². The second kappa shape index (κ2) is 3.55. The Bertz CT molecular complexity index is 663. The molecule has 0 saturated carbocycles. The second-order valence-corrected chi connectivity index (χ2v) is 3.80. The molecule has 1 amide bonds. The molecule has 2 N–H and O–H groups in total. The van der Waals surface area contributed by atoms with Crippen LogP contribution in [0.3, 0.4) is 0 Å². The summed E-state index contributed by atoms with van der Waals surface area (Å²) >= 11 is 0. The Balaban J connectivity index is 2.45. The average molecular weight is 226 g/mol. The van der Waals surface area contributed by atoms with Crippen molar-refractivity contribution >= 4 is 28.0 Å². The first-order valence-corrected chi connectivity index (χ1v) is 5.23. The smallest absolute Gasteiger partial charge is 0.237 e. The quantitative estimate of drug-likeness (QED) is 0.710. The van der Waals surface area contributed by atoms with Gasteiger partial charge in [0.05, 0.1) is 0 Å². The summed E-state index contributed by atoms with van der Waals surface area (Å²) in [6.45, 7) is 0.0913. The Morgan fingerprint density at radius 1 is 1.12 bits per heavy atom. The van der Waals surface area contributed by atoms with Gasteiger partial charge in [0.2, 0.25) is 5.91 Å². The van der Waals surface area contributed by atoms with E-state index in [9.17, 15) is 4.79 Å². The number of carbonyl (C=O) groups is 1. The maximum absolute atomic E-state index is 11.1. The van der Waals surface area contributed by atoms with E-state index in [0.29, 0.717) is 0 Å². The number of aromatic nitrogens is 3. The molecule has 3 heterocycles. The number of hydrogen-bond donors (Lipinski definition) is 1. The van der Waals surface area contributed by atoms with Crippen molar-refractivity contribution < 1.29 is 4.79 Å². The van der Waals surface area contributed by atoms with E-state index in [2.05, 4.69) is 9.97 Å². The minimum absolute atomic E-state index is 0.0913. The summed E-state index contributed by atoms with van der Waals surface area (Å²) in [5.41, 5.74) is 6.72. The molecule has 5 nitrogen and oxygen atoms in total. The minimum Gasteiger partial charge on any atom is -0.368 e. The normalized spacial score (nSPS) is 11.1. The zero-order valence-corrected chi connectivity index (χ0v) is 9.00. The fourth-order valence-corrected chi connectivity index (χ4v) is 2.05. The number of rotatable bonds is 2. The van der Waals surface area contributed by atoms with E-state index >= 15 is 0 Å². The molecule has 5 heteroatoms. The van der Waals surface area contributed by atoms with E-state index in [1.807, 2.05) is 24.3 Å². The van der Waals surface area contributed by atoms with E-state index in [0.717, 1.165) is 22.1 Å². The van der Waals surface area contributed by atoms with E-state index < -0.39 is 5.91 Å². The van der Waals surface area contributed by atoms with Crippen LogP contribution in [-0.4, -0.2) is 20.4 Å². The van der Waals surface area contributed by atoms with Crippen LogP contribution in [0.4, 0.5) is 0 Å². The maximum atomic E-state index is 11.1. The number of carbonyl (C=O) groups excluding carboxylic acids is 1. The van der Waals surface area contributed by atoms with Crippen molar-refractivity contribution in [2.45, 2.75) is 6.54 Å². The average Bonchev–Trinajstić information content (AvgIpc) is 2.65. The minimum atomic E-state index is -0.403. The van der Waals surface area contributed by atoms with Crippen LogP contribution >= 0.6 is 0 Å². The van der Waals surface area contributed by atoms with E-state index in [4.69, 9.17) is 5.73 Å². The molecule has 0 radical (unpaired) electrons. The highest BCUT2D eigenvalue weighted by atomic mass is 16.1. The first-order chi connectivity index (χ1) is 8.27. The zero-order valence-electron chi connectivity index (χ0n) is 9.00. The molecule has 84 valence electrons. The molecule has 0 unspecified atom stereocenters. The lowest BCUT2D eigenvalue weighted by Crippen LogP contribution is -2.18. The molecule has 0 spiro atoms. The summed E-state index contributed by atoms with van der Waals surface area (Å²) in [7, 11) is 0. The third kappa shape index (κ3) is 1.44. The topological polar surface area (TPSA) is 73.8 Å². The van der Waals surface area contributed by atoms with Crippen molar-refractivity contribution in [2.24, 2.45) is 5.73 Å². The van der Waals surface area contributed by atoms with Gasteiger partial charge < -0.3 is 10.3 Å². The van der Waals surface area contributed by atoms with Gasteiger partial charge in [-0.1, -0.05) is 0 Å². The summed E-state index contributed by atoms with van der Waals surface area (Å²) < 4.78 is 1.74. The summed E-state index contributed by atoms with van der Waals surface area (Å²) in [4.78, 5) is 19.7. The van der Waals surface area contributed by atoms with Crippen molar-refractivity contribution in [2.75, 3.05) is 0 Å². The van der Waals surface area contributed by atoms with Crippen LogP contribution in [-0.2, 0) is 11.3 Å². The number of pyridine rings is 2. The summed E-state index contributed by atoms with van der Waals surface area (Å²) in [5.74, 6) is -0.403. The SMILES string of the molecule is NC(=O)Cn1c2ncccc2c2cccnc21. The fraction of sp³-hybridized carbons (Fsp3) is 0.0833. The standard InChI is InChI=1S/C12H10N4O/c13-10(17)7-16-11-8(3-1-5-14-11)9-4-2-6-15-12(9)16/h1-6H,7H2,(H2,13,17). The van der Waals surface area contributed by atoms with E-state index in [1.54, 1.807) is 17.0 Å². The van der Waals surface area contributed by atoms with Gasteiger partial charge in [0.25, 0.3) is 0 Å². The third-order valence-electron chi connectivity index (χ3n) is 2.69. The lowest BCUT2D eigenvalue weighted by Gasteiger charge is -2.01. The van der Waals surface area contributed by atoms with Crippen molar-refractivity contribution in [3.8, 4) is 0 Å². The second-order valence-electron chi connectivity index (χ2n) is 3.80. The first kappa shape index (κ1) is 9.77. The van der Waals surface area contributed by atoms with Gasteiger partial charge in [0, 0.05) is 23.2 Å². The molecule has 0 atom stereocenters. The van der Waals surface area contributed by atoms with Crippen LogP contribution in [0.5, 0.6) is 0 Å².